The molecule has 0 fully saturated rings. The van der Waals surface area contributed by atoms with Crippen molar-refractivity contribution in [3.63, 3.8) is 0 Å². The van der Waals surface area contributed by atoms with Crippen LogP contribution in [0.1, 0.15) is 26.3 Å². The number of methoxy groups -OCH3 is 1. The van der Waals surface area contributed by atoms with Crippen molar-refractivity contribution in [1.29, 1.82) is 0 Å². The lowest BCUT2D eigenvalue weighted by Crippen LogP contribution is -2.17. The van der Waals surface area contributed by atoms with Crippen LogP contribution in [0.3, 0.4) is 0 Å². The van der Waals surface area contributed by atoms with E-state index in [1.54, 1.807) is 19.2 Å². The van der Waals surface area contributed by atoms with Gasteiger partial charge in [0, 0.05) is 24.1 Å². The van der Waals surface area contributed by atoms with Crippen LogP contribution in [-0.4, -0.2) is 24.2 Å². The lowest BCUT2D eigenvalue weighted by molar-refractivity contribution is -0.384. The number of non-ortho nitro benzene ring substituents is 1. The van der Waals surface area contributed by atoms with Crippen molar-refractivity contribution < 1.29 is 14.4 Å². The Labute approximate surface area is 107 Å². The van der Waals surface area contributed by atoms with E-state index in [9.17, 15) is 10.1 Å². The van der Waals surface area contributed by atoms with Gasteiger partial charge in [0.2, 0.25) is 0 Å². The standard InChI is InChI=1S/C13H19NO4/c1-9(2)18-10(3)7-11-8-12(14(15)16)5-6-13(11)17-4/h5-6,8-10H,7H2,1-4H3. The van der Waals surface area contributed by atoms with Gasteiger partial charge in [0.1, 0.15) is 5.75 Å². The molecule has 0 saturated heterocycles. The number of nitro groups is 1. The number of hydrogen-bond acceptors (Lipinski definition) is 4. The summed E-state index contributed by atoms with van der Waals surface area (Å²) in [5.41, 5.74) is 0.863. The third kappa shape index (κ3) is 4.00. The second-order valence-electron chi connectivity index (χ2n) is 4.45. The maximum atomic E-state index is 10.7. The normalized spacial score (nSPS) is 12.5. The largest absolute Gasteiger partial charge is 0.496 e. The Bertz CT molecular complexity index is 417. The Hall–Kier alpha value is -1.62. The van der Waals surface area contributed by atoms with Crippen LogP contribution in [-0.2, 0) is 11.2 Å². The minimum atomic E-state index is -0.406. The van der Waals surface area contributed by atoms with E-state index in [2.05, 4.69) is 0 Å². The van der Waals surface area contributed by atoms with Gasteiger partial charge in [-0.3, -0.25) is 10.1 Å². The van der Waals surface area contributed by atoms with Gasteiger partial charge < -0.3 is 9.47 Å². The van der Waals surface area contributed by atoms with E-state index in [1.165, 1.54) is 6.07 Å². The van der Waals surface area contributed by atoms with Crippen molar-refractivity contribution in [1.82, 2.24) is 0 Å². The van der Waals surface area contributed by atoms with Crippen molar-refractivity contribution in [2.45, 2.75) is 39.4 Å². The molecule has 0 spiro atoms. The Balaban J connectivity index is 2.90. The van der Waals surface area contributed by atoms with Crippen molar-refractivity contribution in [3.8, 4) is 5.75 Å². The highest BCUT2D eigenvalue weighted by molar-refractivity contribution is 5.44. The van der Waals surface area contributed by atoms with E-state index < -0.39 is 4.92 Å². The van der Waals surface area contributed by atoms with Crippen LogP contribution in [0, 0.1) is 10.1 Å². The predicted molar refractivity (Wildman–Crippen MR) is 69.0 cm³/mol. The summed E-state index contributed by atoms with van der Waals surface area (Å²) in [5, 5.41) is 10.7. The average Bonchev–Trinajstić information content (AvgIpc) is 2.27. The first-order chi connectivity index (χ1) is 8.43. The van der Waals surface area contributed by atoms with Crippen LogP contribution >= 0.6 is 0 Å². The fourth-order valence-electron chi connectivity index (χ4n) is 1.86. The molecule has 0 bridgehead atoms. The van der Waals surface area contributed by atoms with Gasteiger partial charge in [0.15, 0.2) is 0 Å². The molecule has 1 unspecified atom stereocenters. The van der Waals surface area contributed by atoms with Gasteiger partial charge in [0.25, 0.3) is 5.69 Å². The molecule has 1 aromatic carbocycles. The van der Waals surface area contributed by atoms with Crippen LogP contribution in [0.15, 0.2) is 18.2 Å². The molecule has 0 heterocycles. The van der Waals surface area contributed by atoms with Crippen LogP contribution in [0.4, 0.5) is 5.69 Å². The highest BCUT2D eigenvalue weighted by atomic mass is 16.6. The third-order valence-corrected chi connectivity index (χ3v) is 2.49. The molecule has 0 radical (unpaired) electrons. The molecule has 100 valence electrons. The van der Waals surface area contributed by atoms with Gasteiger partial charge in [-0.2, -0.15) is 0 Å². The number of benzene rings is 1. The summed E-state index contributed by atoms with van der Waals surface area (Å²) in [4.78, 5) is 10.3. The van der Waals surface area contributed by atoms with Gasteiger partial charge in [-0.1, -0.05) is 0 Å². The van der Waals surface area contributed by atoms with Gasteiger partial charge in [-0.05, 0) is 26.8 Å². The van der Waals surface area contributed by atoms with Gasteiger partial charge in [-0.15, -0.1) is 0 Å². The summed E-state index contributed by atoms with van der Waals surface area (Å²) >= 11 is 0. The summed E-state index contributed by atoms with van der Waals surface area (Å²) in [5.74, 6) is 0.653. The number of ether oxygens (including phenoxy) is 2. The van der Waals surface area contributed by atoms with Crippen LogP contribution in [0.25, 0.3) is 0 Å². The molecule has 0 aliphatic rings. The fourth-order valence-corrected chi connectivity index (χ4v) is 1.86. The maximum Gasteiger partial charge on any atom is 0.269 e. The monoisotopic (exact) mass is 253 g/mol. The molecule has 1 aromatic rings. The Morgan fingerprint density at radius 1 is 1.33 bits per heavy atom. The summed E-state index contributed by atoms with van der Waals surface area (Å²) in [6, 6.07) is 4.60. The minimum absolute atomic E-state index is 0.0131. The summed E-state index contributed by atoms with van der Waals surface area (Å²) in [6.45, 7) is 5.86. The number of rotatable bonds is 6. The lowest BCUT2D eigenvalue weighted by Gasteiger charge is -2.17. The van der Waals surface area contributed by atoms with E-state index in [1.807, 2.05) is 20.8 Å². The maximum absolute atomic E-state index is 10.7. The average molecular weight is 253 g/mol. The molecule has 1 atom stereocenters. The van der Waals surface area contributed by atoms with E-state index >= 15 is 0 Å². The molecule has 1 rings (SSSR count). The zero-order chi connectivity index (χ0) is 13.7. The molecule has 5 heteroatoms. The summed E-state index contributed by atoms with van der Waals surface area (Å²) in [7, 11) is 1.55. The summed E-state index contributed by atoms with van der Waals surface area (Å²) < 4.78 is 10.8. The number of nitro benzene ring substituents is 1. The number of hydrogen-bond donors (Lipinski definition) is 0. The van der Waals surface area contributed by atoms with E-state index in [4.69, 9.17) is 9.47 Å². The smallest absolute Gasteiger partial charge is 0.269 e. The van der Waals surface area contributed by atoms with Crippen molar-refractivity contribution in [3.05, 3.63) is 33.9 Å². The van der Waals surface area contributed by atoms with Crippen molar-refractivity contribution >= 4 is 5.69 Å². The second kappa shape index (κ2) is 6.35. The highest BCUT2D eigenvalue weighted by Gasteiger charge is 2.14. The molecular weight excluding hydrogens is 234 g/mol. The van der Waals surface area contributed by atoms with Crippen LogP contribution in [0.2, 0.25) is 0 Å². The van der Waals surface area contributed by atoms with Crippen LogP contribution < -0.4 is 4.74 Å². The first-order valence-corrected chi connectivity index (χ1v) is 5.90. The highest BCUT2D eigenvalue weighted by Crippen LogP contribution is 2.25. The first-order valence-electron chi connectivity index (χ1n) is 5.90. The lowest BCUT2D eigenvalue weighted by atomic mass is 10.1. The zero-order valence-electron chi connectivity index (χ0n) is 11.2. The predicted octanol–water partition coefficient (Wildman–Crippen LogP) is 2.96. The zero-order valence-corrected chi connectivity index (χ0v) is 11.2. The Morgan fingerprint density at radius 3 is 2.50 bits per heavy atom. The van der Waals surface area contributed by atoms with Gasteiger partial charge in [0.05, 0.1) is 24.2 Å². The Morgan fingerprint density at radius 2 is 2.00 bits per heavy atom. The van der Waals surface area contributed by atoms with E-state index in [-0.39, 0.29) is 17.9 Å². The first kappa shape index (κ1) is 14.4. The van der Waals surface area contributed by atoms with Crippen molar-refractivity contribution in [2.75, 3.05) is 7.11 Å². The van der Waals surface area contributed by atoms with Crippen LogP contribution in [0.5, 0.6) is 5.75 Å². The molecule has 5 nitrogen and oxygen atoms in total. The molecule has 0 aliphatic heterocycles. The fraction of sp³-hybridized carbons (Fsp3) is 0.538. The van der Waals surface area contributed by atoms with Gasteiger partial charge in [-0.25, -0.2) is 0 Å². The quantitative estimate of drug-likeness (QED) is 0.577. The Kier molecular flexibility index (Phi) is 5.09. The third-order valence-electron chi connectivity index (χ3n) is 2.49. The minimum Gasteiger partial charge on any atom is -0.496 e. The van der Waals surface area contributed by atoms with Crippen molar-refractivity contribution in [2.24, 2.45) is 0 Å². The second-order valence-corrected chi connectivity index (χ2v) is 4.45. The number of nitrogens with zero attached hydrogens (tertiary/aromatic N) is 1. The van der Waals surface area contributed by atoms with E-state index in [0.717, 1.165) is 5.56 Å². The molecule has 0 amide bonds. The molecular formula is C13H19NO4. The summed E-state index contributed by atoms with van der Waals surface area (Å²) in [6.07, 6.45) is 0.703. The molecule has 18 heavy (non-hydrogen) atoms. The molecule has 0 aromatic heterocycles. The SMILES string of the molecule is COc1ccc([N+](=O)[O-])cc1CC(C)OC(C)C. The van der Waals surface area contributed by atoms with Gasteiger partial charge >= 0.3 is 0 Å². The molecule has 0 N–H and O–H groups in total. The molecule has 0 aliphatic carbocycles. The topological polar surface area (TPSA) is 61.6 Å². The van der Waals surface area contributed by atoms with E-state index in [0.29, 0.717) is 12.2 Å². The molecule has 0 saturated carbocycles.